The van der Waals surface area contributed by atoms with Crippen LogP contribution in [-0.2, 0) is 17.6 Å². The number of halogens is 1. The molecule has 6 nitrogen and oxygen atoms in total. The summed E-state index contributed by atoms with van der Waals surface area (Å²) in [5.41, 5.74) is 2.63. The molecule has 0 radical (unpaired) electrons. The predicted molar refractivity (Wildman–Crippen MR) is 103 cm³/mol. The molecule has 0 saturated heterocycles. The number of hydrogen-bond donors (Lipinski definition) is 2. The zero-order chi connectivity index (χ0) is 19.9. The van der Waals surface area contributed by atoms with Crippen LogP contribution in [0.4, 0.5) is 4.39 Å². The highest BCUT2D eigenvalue weighted by Crippen LogP contribution is 2.28. The fourth-order valence-corrected chi connectivity index (χ4v) is 3.66. The number of carbonyl (C=O) groups is 2. The molecule has 0 fully saturated rings. The summed E-state index contributed by atoms with van der Waals surface area (Å²) in [5.74, 6) is -1.32. The molecule has 2 aromatic rings. The Hall–Kier alpha value is -2.70. The number of aromatic nitrogens is 2. The topological polar surface area (TPSA) is 84.2 Å². The molecule has 1 aliphatic rings. The smallest absolute Gasteiger partial charge is 0.303 e. The van der Waals surface area contributed by atoms with Crippen molar-refractivity contribution in [3.63, 3.8) is 0 Å². The van der Waals surface area contributed by atoms with Crippen molar-refractivity contribution in [2.75, 3.05) is 6.54 Å². The third-order valence-corrected chi connectivity index (χ3v) is 5.08. The molecule has 0 spiro atoms. The normalized spacial score (nSPS) is 12.8. The van der Waals surface area contributed by atoms with E-state index in [2.05, 4.69) is 10.4 Å². The summed E-state index contributed by atoms with van der Waals surface area (Å²) in [4.78, 5) is 23.1. The Kier molecular flexibility index (Phi) is 6.79. The van der Waals surface area contributed by atoms with Crippen LogP contribution in [0.2, 0.25) is 0 Å². The summed E-state index contributed by atoms with van der Waals surface area (Å²) in [7, 11) is 0. The van der Waals surface area contributed by atoms with E-state index in [1.165, 1.54) is 6.07 Å². The maximum absolute atomic E-state index is 14.2. The van der Waals surface area contributed by atoms with Gasteiger partial charge in [-0.15, -0.1) is 0 Å². The molecule has 0 atom stereocenters. The van der Waals surface area contributed by atoms with Crippen LogP contribution >= 0.6 is 0 Å². The van der Waals surface area contributed by atoms with Crippen LogP contribution in [0.15, 0.2) is 24.3 Å². The Bertz CT molecular complexity index is 847. The number of amides is 1. The predicted octanol–water partition coefficient (Wildman–Crippen LogP) is 3.66. The highest BCUT2D eigenvalue weighted by Gasteiger charge is 2.27. The van der Waals surface area contributed by atoms with Crippen molar-refractivity contribution < 1.29 is 19.1 Å². The molecule has 3 rings (SSSR count). The quantitative estimate of drug-likeness (QED) is 0.610. The highest BCUT2D eigenvalue weighted by atomic mass is 19.1. The average Bonchev–Trinajstić information content (AvgIpc) is 3.27. The summed E-state index contributed by atoms with van der Waals surface area (Å²) in [6.07, 6.45) is 7.07. The van der Waals surface area contributed by atoms with Crippen LogP contribution in [0.1, 0.15) is 66.7 Å². The second-order valence-electron chi connectivity index (χ2n) is 7.16. The maximum Gasteiger partial charge on any atom is 0.303 e. The van der Waals surface area contributed by atoms with E-state index < -0.39 is 5.97 Å². The number of carboxylic acid groups (broad SMARTS) is 1. The molecule has 0 unspecified atom stereocenters. The lowest BCUT2D eigenvalue weighted by molar-refractivity contribution is -0.137. The summed E-state index contributed by atoms with van der Waals surface area (Å²) in [5, 5.41) is 15.9. The third-order valence-electron chi connectivity index (χ3n) is 5.08. The largest absolute Gasteiger partial charge is 0.481 e. The van der Waals surface area contributed by atoms with Gasteiger partial charge in [0.05, 0.1) is 0 Å². The van der Waals surface area contributed by atoms with E-state index in [1.54, 1.807) is 22.9 Å². The van der Waals surface area contributed by atoms with E-state index in [-0.39, 0.29) is 18.1 Å². The van der Waals surface area contributed by atoms with Crippen LogP contribution in [0.5, 0.6) is 0 Å². The molecule has 28 heavy (non-hydrogen) atoms. The number of hydrogen-bond acceptors (Lipinski definition) is 3. The number of rotatable bonds is 10. The number of para-hydroxylation sites is 1. The van der Waals surface area contributed by atoms with E-state index in [0.29, 0.717) is 24.3 Å². The van der Waals surface area contributed by atoms with Crippen LogP contribution in [0, 0.1) is 5.82 Å². The SMILES string of the molecule is O=C(O)CCCCCCCNC(=O)c1nn(-c2ccccc2F)c2c1CCC2. The van der Waals surface area contributed by atoms with Gasteiger partial charge in [0.2, 0.25) is 0 Å². The van der Waals surface area contributed by atoms with Gasteiger partial charge in [0.15, 0.2) is 5.69 Å². The van der Waals surface area contributed by atoms with Gasteiger partial charge in [0.25, 0.3) is 5.91 Å². The number of aliphatic carboxylic acids is 1. The first-order valence-corrected chi connectivity index (χ1v) is 9.93. The molecule has 7 heteroatoms. The van der Waals surface area contributed by atoms with Crippen molar-refractivity contribution in [1.29, 1.82) is 0 Å². The molecule has 2 N–H and O–H groups in total. The molecule has 1 heterocycles. The number of carboxylic acids is 1. The van der Waals surface area contributed by atoms with Crippen molar-refractivity contribution in [3.05, 3.63) is 47.0 Å². The Labute approximate surface area is 163 Å². The Morgan fingerprint density at radius 2 is 1.86 bits per heavy atom. The van der Waals surface area contributed by atoms with Gasteiger partial charge in [-0.3, -0.25) is 9.59 Å². The molecule has 0 saturated carbocycles. The molecular weight excluding hydrogens is 361 g/mol. The summed E-state index contributed by atoms with van der Waals surface area (Å²) < 4.78 is 15.8. The van der Waals surface area contributed by atoms with Gasteiger partial charge >= 0.3 is 5.97 Å². The number of fused-ring (bicyclic) bond motifs is 1. The van der Waals surface area contributed by atoms with Gasteiger partial charge < -0.3 is 10.4 Å². The van der Waals surface area contributed by atoms with E-state index in [1.807, 2.05) is 0 Å². The summed E-state index contributed by atoms with van der Waals surface area (Å²) in [6.45, 7) is 0.555. The van der Waals surface area contributed by atoms with E-state index in [0.717, 1.165) is 56.2 Å². The first kappa shape index (κ1) is 20.0. The first-order chi connectivity index (χ1) is 13.6. The fraction of sp³-hybridized carbons (Fsp3) is 0.476. The van der Waals surface area contributed by atoms with Gasteiger partial charge in [-0.05, 0) is 44.2 Å². The average molecular weight is 387 g/mol. The fourth-order valence-electron chi connectivity index (χ4n) is 3.66. The van der Waals surface area contributed by atoms with Gasteiger partial charge in [-0.2, -0.15) is 5.10 Å². The second-order valence-corrected chi connectivity index (χ2v) is 7.16. The van der Waals surface area contributed by atoms with Gasteiger partial charge in [0.1, 0.15) is 11.5 Å². The van der Waals surface area contributed by atoms with E-state index in [4.69, 9.17) is 5.11 Å². The van der Waals surface area contributed by atoms with Crippen LogP contribution in [0.3, 0.4) is 0 Å². The molecule has 0 bridgehead atoms. The number of unbranched alkanes of at least 4 members (excludes halogenated alkanes) is 4. The number of nitrogens with one attached hydrogen (secondary N) is 1. The standard InChI is InChI=1S/C21H26FN3O3/c22-16-10-5-6-11-18(16)25-17-12-8-9-15(17)20(24-25)21(28)23-14-7-3-1-2-4-13-19(26)27/h5-6,10-11H,1-4,7-9,12-14H2,(H,23,28)(H,26,27). The number of benzene rings is 1. The highest BCUT2D eigenvalue weighted by molar-refractivity contribution is 5.94. The minimum atomic E-state index is -0.755. The Morgan fingerprint density at radius 3 is 2.64 bits per heavy atom. The molecule has 0 aliphatic heterocycles. The minimum Gasteiger partial charge on any atom is -0.481 e. The lowest BCUT2D eigenvalue weighted by Crippen LogP contribution is -2.26. The van der Waals surface area contributed by atoms with Gasteiger partial charge in [0, 0.05) is 24.2 Å². The van der Waals surface area contributed by atoms with Crippen molar-refractivity contribution in [3.8, 4) is 5.69 Å². The third kappa shape index (κ3) is 4.77. The van der Waals surface area contributed by atoms with Crippen molar-refractivity contribution >= 4 is 11.9 Å². The maximum atomic E-state index is 14.2. The number of nitrogens with zero attached hydrogens (tertiary/aromatic N) is 2. The zero-order valence-corrected chi connectivity index (χ0v) is 15.9. The molecule has 1 aromatic carbocycles. The lowest BCUT2D eigenvalue weighted by Gasteiger charge is -2.06. The van der Waals surface area contributed by atoms with Crippen LogP contribution < -0.4 is 5.32 Å². The Morgan fingerprint density at radius 1 is 1.11 bits per heavy atom. The minimum absolute atomic E-state index is 0.209. The van der Waals surface area contributed by atoms with Crippen molar-refractivity contribution in [1.82, 2.24) is 15.1 Å². The van der Waals surface area contributed by atoms with Crippen molar-refractivity contribution in [2.45, 2.75) is 57.8 Å². The van der Waals surface area contributed by atoms with Crippen molar-refractivity contribution in [2.24, 2.45) is 0 Å². The number of carbonyl (C=O) groups excluding carboxylic acids is 1. The van der Waals surface area contributed by atoms with Gasteiger partial charge in [-0.1, -0.05) is 31.4 Å². The van der Waals surface area contributed by atoms with E-state index in [9.17, 15) is 14.0 Å². The van der Waals surface area contributed by atoms with Crippen LogP contribution in [0.25, 0.3) is 5.69 Å². The molecule has 1 amide bonds. The molecule has 1 aromatic heterocycles. The molecular formula is C21H26FN3O3. The summed E-state index contributed by atoms with van der Waals surface area (Å²) in [6, 6.07) is 6.47. The van der Waals surface area contributed by atoms with E-state index >= 15 is 0 Å². The Balaban J connectivity index is 1.54. The summed E-state index contributed by atoms with van der Waals surface area (Å²) >= 11 is 0. The second kappa shape index (κ2) is 9.48. The monoisotopic (exact) mass is 387 g/mol. The molecule has 1 aliphatic carbocycles. The lowest BCUT2D eigenvalue weighted by atomic mass is 10.1. The zero-order valence-electron chi connectivity index (χ0n) is 15.9. The molecule has 150 valence electrons. The van der Waals surface area contributed by atoms with Crippen LogP contribution in [-0.4, -0.2) is 33.3 Å². The van der Waals surface area contributed by atoms with Gasteiger partial charge in [-0.25, -0.2) is 9.07 Å². The first-order valence-electron chi connectivity index (χ1n) is 9.93.